The molecule has 12 heteroatoms. The lowest BCUT2D eigenvalue weighted by Gasteiger charge is -2.20. The molecule has 0 bridgehead atoms. The van der Waals surface area contributed by atoms with E-state index in [9.17, 15) is 19.7 Å². The van der Waals surface area contributed by atoms with Gasteiger partial charge in [0.25, 0.3) is 17.5 Å². The van der Waals surface area contributed by atoms with E-state index >= 15 is 0 Å². The van der Waals surface area contributed by atoms with Crippen LogP contribution in [0.4, 0.5) is 5.69 Å². The monoisotopic (exact) mass is 488 g/mol. The van der Waals surface area contributed by atoms with Gasteiger partial charge in [-0.3, -0.25) is 14.9 Å². The van der Waals surface area contributed by atoms with Crippen molar-refractivity contribution in [2.24, 2.45) is 5.92 Å². The Morgan fingerprint density at radius 3 is 2.65 bits per heavy atom. The minimum absolute atomic E-state index is 0.0205. The SMILES string of the molecule is COc1ccccc1-c1noc(COC(=O)[C@@H](NC(=O)c2ccc(Cl)c([N+](=O)[O-])c2)C(C)C)n1. The van der Waals surface area contributed by atoms with E-state index < -0.39 is 28.5 Å². The first-order valence-electron chi connectivity index (χ1n) is 10.1. The fourth-order valence-corrected chi connectivity index (χ4v) is 3.18. The van der Waals surface area contributed by atoms with Crippen molar-refractivity contribution in [2.45, 2.75) is 26.5 Å². The fraction of sp³-hybridized carbons (Fsp3) is 0.273. The molecule has 0 saturated carbocycles. The van der Waals surface area contributed by atoms with E-state index in [1.165, 1.54) is 19.2 Å². The predicted octanol–water partition coefficient (Wildman–Crippen LogP) is 3.80. The first kappa shape index (κ1) is 24.6. The lowest BCUT2D eigenvalue weighted by atomic mass is 10.0. The fourth-order valence-electron chi connectivity index (χ4n) is 2.99. The van der Waals surface area contributed by atoms with Gasteiger partial charge in [0.2, 0.25) is 5.82 Å². The van der Waals surface area contributed by atoms with Crippen molar-refractivity contribution in [3.63, 3.8) is 0 Å². The second-order valence-electron chi connectivity index (χ2n) is 7.44. The number of aromatic nitrogens is 2. The van der Waals surface area contributed by atoms with Crippen LogP contribution >= 0.6 is 11.6 Å². The Labute approximate surface area is 199 Å². The number of esters is 1. The Morgan fingerprint density at radius 1 is 1.24 bits per heavy atom. The van der Waals surface area contributed by atoms with Crippen molar-refractivity contribution in [1.82, 2.24) is 15.5 Å². The third-order valence-corrected chi connectivity index (χ3v) is 5.09. The van der Waals surface area contributed by atoms with Gasteiger partial charge in [-0.05, 0) is 30.2 Å². The van der Waals surface area contributed by atoms with Crippen molar-refractivity contribution in [3.05, 3.63) is 69.1 Å². The number of methoxy groups -OCH3 is 1. The highest BCUT2D eigenvalue weighted by molar-refractivity contribution is 6.32. The molecule has 178 valence electrons. The van der Waals surface area contributed by atoms with Gasteiger partial charge >= 0.3 is 5.97 Å². The average Bonchev–Trinajstić information content (AvgIpc) is 3.29. The standard InChI is InChI=1S/C22H21ClN4O7/c1-12(2)19(25-21(28)13-8-9-15(23)16(10-13)27(30)31)22(29)33-11-18-24-20(26-34-18)14-6-4-5-7-17(14)32-3/h4-10,12,19H,11H2,1-3H3,(H,25,28)/t19-/m0/s1. The van der Waals surface area contributed by atoms with Crippen molar-refractivity contribution in [2.75, 3.05) is 7.11 Å². The van der Waals surface area contributed by atoms with Crippen LogP contribution in [0, 0.1) is 16.0 Å². The number of nitrogens with one attached hydrogen (secondary N) is 1. The number of ether oxygens (including phenoxy) is 2. The molecule has 1 aromatic heterocycles. The number of carbonyl (C=O) groups excluding carboxylic acids is 2. The quantitative estimate of drug-likeness (QED) is 0.269. The Balaban J connectivity index is 1.67. The molecule has 0 spiro atoms. The molecular weight excluding hydrogens is 468 g/mol. The van der Waals surface area contributed by atoms with Crippen LogP contribution in [0.5, 0.6) is 5.75 Å². The minimum Gasteiger partial charge on any atom is -0.496 e. The van der Waals surface area contributed by atoms with Crippen LogP contribution in [0.2, 0.25) is 5.02 Å². The number of nitrogens with zero attached hydrogens (tertiary/aromatic N) is 3. The lowest BCUT2D eigenvalue weighted by Crippen LogP contribution is -2.45. The van der Waals surface area contributed by atoms with Crippen molar-refractivity contribution >= 4 is 29.2 Å². The number of amides is 1. The van der Waals surface area contributed by atoms with Crippen molar-refractivity contribution < 1.29 is 28.5 Å². The van der Waals surface area contributed by atoms with Crippen LogP contribution in [0.25, 0.3) is 11.4 Å². The maximum absolute atomic E-state index is 12.7. The summed E-state index contributed by atoms with van der Waals surface area (Å²) in [6.07, 6.45) is 0. The maximum atomic E-state index is 12.7. The molecule has 3 aromatic rings. The van der Waals surface area contributed by atoms with Gasteiger partial charge in [-0.25, -0.2) is 4.79 Å². The maximum Gasteiger partial charge on any atom is 0.329 e. The third-order valence-electron chi connectivity index (χ3n) is 4.77. The summed E-state index contributed by atoms with van der Waals surface area (Å²) in [5.41, 5.74) is 0.170. The summed E-state index contributed by atoms with van der Waals surface area (Å²) in [5, 5.41) is 17.4. The predicted molar refractivity (Wildman–Crippen MR) is 120 cm³/mol. The zero-order valence-corrected chi connectivity index (χ0v) is 19.2. The number of carbonyl (C=O) groups is 2. The summed E-state index contributed by atoms with van der Waals surface area (Å²) in [6, 6.07) is 9.67. The first-order valence-corrected chi connectivity index (χ1v) is 10.5. The van der Waals surface area contributed by atoms with E-state index in [4.69, 9.17) is 25.6 Å². The second kappa shape index (κ2) is 10.8. The van der Waals surface area contributed by atoms with Crippen LogP contribution in [0.15, 0.2) is 47.0 Å². The van der Waals surface area contributed by atoms with Crippen LogP contribution in [0.1, 0.15) is 30.1 Å². The number of hydrogen-bond donors (Lipinski definition) is 1. The van der Waals surface area contributed by atoms with E-state index in [0.29, 0.717) is 11.3 Å². The van der Waals surface area contributed by atoms with Crippen LogP contribution in [-0.4, -0.2) is 40.1 Å². The van der Waals surface area contributed by atoms with Gasteiger partial charge in [-0.15, -0.1) is 0 Å². The van der Waals surface area contributed by atoms with Gasteiger partial charge in [0.05, 0.1) is 17.6 Å². The zero-order valence-electron chi connectivity index (χ0n) is 18.5. The number of benzene rings is 2. The Kier molecular flexibility index (Phi) is 7.79. The van der Waals surface area contributed by atoms with Crippen LogP contribution < -0.4 is 10.1 Å². The highest BCUT2D eigenvalue weighted by Gasteiger charge is 2.28. The summed E-state index contributed by atoms with van der Waals surface area (Å²) in [5.74, 6) is -0.893. The molecule has 2 aromatic carbocycles. The highest BCUT2D eigenvalue weighted by atomic mass is 35.5. The van der Waals surface area contributed by atoms with Gasteiger partial charge in [0, 0.05) is 11.6 Å². The van der Waals surface area contributed by atoms with Crippen molar-refractivity contribution in [1.29, 1.82) is 0 Å². The number of hydrogen-bond acceptors (Lipinski definition) is 9. The molecule has 0 aliphatic rings. The molecule has 1 N–H and O–H groups in total. The molecule has 0 radical (unpaired) electrons. The van der Waals surface area contributed by atoms with Gasteiger partial charge < -0.3 is 19.3 Å². The number of nitro benzene ring substituents is 1. The summed E-state index contributed by atoms with van der Waals surface area (Å²) in [7, 11) is 1.52. The average molecular weight is 489 g/mol. The molecule has 0 aliphatic heterocycles. The van der Waals surface area contributed by atoms with Crippen molar-refractivity contribution in [3.8, 4) is 17.1 Å². The molecule has 11 nitrogen and oxygen atoms in total. The summed E-state index contributed by atoms with van der Waals surface area (Å²) in [4.78, 5) is 39.8. The topological polar surface area (TPSA) is 147 Å². The molecule has 3 rings (SSSR count). The van der Waals surface area contributed by atoms with Crippen LogP contribution in [0.3, 0.4) is 0 Å². The van der Waals surface area contributed by atoms with E-state index in [1.807, 2.05) is 0 Å². The summed E-state index contributed by atoms with van der Waals surface area (Å²) in [6.45, 7) is 3.11. The summed E-state index contributed by atoms with van der Waals surface area (Å²) < 4.78 is 15.7. The van der Waals surface area contributed by atoms with Gasteiger partial charge in [-0.2, -0.15) is 4.98 Å². The summed E-state index contributed by atoms with van der Waals surface area (Å²) >= 11 is 5.79. The molecule has 34 heavy (non-hydrogen) atoms. The Bertz CT molecular complexity index is 1210. The molecule has 1 amide bonds. The molecule has 0 saturated heterocycles. The molecule has 0 unspecified atom stereocenters. The number of para-hydroxylation sites is 1. The second-order valence-corrected chi connectivity index (χ2v) is 7.85. The highest BCUT2D eigenvalue weighted by Crippen LogP contribution is 2.27. The van der Waals surface area contributed by atoms with E-state index in [-0.39, 0.29) is 34.8 Å². The molecule has 1 heterocycles. The smallest absolute Gasteiger partial charge is 0.329 e. The Hall–Kier alpha value is -3.99. The molecule has 0 aliphatic carbocycles. The van der Waals surface area contributed by atoms with E-state index in [1.54, 1.807) is 38.1 Å². The number of rotatable bonds is 9. The first-order chi connectivity index (χ1) is 16.2. The Morgan fingerprint density at radius 2 is 1.97 bits per heavy atom. The zero-order chi connectivity index (χ0) is 24.8. The third kappa shape index (κ3) is 5.67. The van der Waals surface area contributed by atoms with Gasteiger partial charge in [0.1, 0.15) is 16.8 Å². The van der Waals surface area contributed by atoms with E-state index in [0.717, 1.165) is 6.07 Å². The van der Waals surface area contributed by atoms with E-state index in [2.05, 4.69) is 15.5 Å². The lowest BCUT2D eigenvalue weighted by molar-refractivity contribution is -0.384. The molecule has 0 fully saturated rings. The normalized spacial score (nSPS) is 11.7. The largest absolute Gasteiger partial charge is 0.496 e. The number of halogens is 1. The number of nitro groups is 1. The molecule has 1 atom stereocenters. The van der Waals surface area contributed by atoms with Gasteiger partial charge in [0.15, 0.2) is 6.61 Å². The molecular formula is C22H21ClN4O7. The van der Waals surface area contributed by atoms with Gasteiger partial charge in [-0.1, -0.05) is 42.7 Å². The minimum atomic E-state index is -1.03. The van der Waals surface area contributed by atoms with Crippen LogP contribution in [-0.2, 0) is 16.1 Å².